The highest BCUT2D eigenvalue weighted by atomic mass is 16.5. The molecule has 2 aromatic heterocycles. The number of benzene rings is 1. The smallest absolute Gasteiger partial charge is 0.161 e. The van der Waals surface area contributed by atoms with Gasteiger partial charge >= 0.3 is 0 Å². The van der Waals surface area contributed by atoms with Gasteiger partial charge in [0.15, 0.2) is 5.65 Å². The van der Waals surface area contributed by atoms with Crippen molar-refractivity contribution in [3.8, 4) is 5.75 Å². The standard InChI is InChI=1S/C17H20N4O2/c1-3-16-18-10-14-11-19-21(17(14)20-16)12-13-5-4-6-15(9-13)23-8-7-22-2/h4-6,9-11H,3,7-8,12H2,1-2H3. The molecule has 2 heterocycles. The number of fused-ring (bicyclic) bond motifs is 1. The first-order valence-electron chi connectivity index (χ1n) is 7.68. The second-order valence-electron chi connectivity index (χ2n) is 5.21. The van der Waals surface area contributed by atoms with Crippen LogP contribution in [-0.4, -0.2) is 40.1 Å². The molecule has 23 heavy (non-hydrogen) atoms. The molecule has 3 aromatic rings. The average Bonchev–Trinajstić information content (AvgIpc) is 2.97. The Morgan fingerprint density at radius 2 is 2.09 bits per heavy atom. The maximum absolute atomic E-state index is 5.65. The van der Waals surface area contributed by atoms with E-state index < -0.39 is 0 Å². The van der Waals surface area contributed by atoms with Crippen LogP contribution in [0.5, 0.6) is 5.75 Å². The van der Waals surface area contributed by atoms with Gasteiger partial charge in [0.1, 0.15) is 18.2 Å². The molecule has 0 atom stereocenters. The van der Waals surface area contributed by atoms with E-state index in [9.17, 15) is 0 Å². The van der Waals surface area contributed by atoms with Crippen molar-refractivity contribution in [1.29, 1.82) is 0 Å². The molecule has 0 N–H and O–H groups in total. The molecule has 0 saturated carbocycles. The van der Waals surface area contributed by atoms with Crippen LogP contribution in [0.25, 0.3) is 11.0 Å². The molecule has 0 bridgehead atoms. The van der Waals surface area contributed by atoms with Gasteiger partial charge in [0, 0.05) is 19.7 Å². The maximum atomic E-state index is 5.65. The highest BCUT2D eigenvalue weighted by molar-refractivity contribution is 5.73. The Bertz CT molecular complexity index is 785. The summed E-state index contributed by atoms with van der Waals surface area (Å²) in [7, 11) is 1.66. The van der Waals surface area contributed by atoms with E-state index in [2.05, 4.69) is 21.1 Å². The van der Waals surface area contributed by atoms with E-state index in [0.717, 1.165) is 34.6 Å². The second kappa shape index (κ2) is 7.19. The van der Waals surface area contributed by atoms with Gasteiger partial charge in [-0.25, -0.2) is 14.6 Å². The molecule has 0 saturated heterocycles. The van der Waals surface area contributed by atoms with Gasteiger partial charge in [-0.2, -0.15) is 5.10 Å². The van der Waals surface area contributed by atoms with E-state index in [0.29, 0.717) is 19.8 Å². The van der Waals surface area contributed by atoms with Crippen LogP contribution in [0.3, 0.4) is 0 Å². The summed E-state index contributed by atoms with van der Waals surface area (Å²) in [6.45, 7) is 3.80. The molecular formula is C17H20N4O2. The Hall–Kier alpha value is -2.47. The number of rotatable bonds is 7. The van der Waals surface area contributed by atoms with Gasteiger partial charge in [-0.15, -0.1) is 0 Å². The fraction of sp³-hybridized carbons (Fsp3) is 0.353. The van der Waals surface area contributed by atoms with Crippen molar-refractivity contribution in [3.63, 3.8) is 0 Å². The molecule has 0 fully saturated rings. The van der Waals surface area contributed by atoms with Crippen LogP contribution >= 0.6 is 0 Å². The number of hydrogen-bond acceptors (Lipinski definition) is 5. The summed E-state index contributed by atoms with van der Waals surface area (Å²) in [5, 5.41) is 5.38. The molecule has 0 amide bonds. The van der Waals surface area contributed by atoms with E-state index >= 15 is 0 Å². The van der Waals surface area contributed by atoms with Crippen LogP contribution < -0.4 is 4.74 Å². The molecule has 0 radical (unpaired) electrons. The van der Waals surface area contributed by atoms with Gasteiger partial charge in [-0.05, 0) is 17.7 Å². The molecule has 3 rings (SSSR count). The highest BCUT2D eigenvalue weighted by Crippen LogP contribution is 2.17. The van der Waals surface area contributed by atoms with Crippen molar-refractivity contribution in [3.05, 3.63) is 48.0 Å². The summed E-state index contributed by atoms with van der Waals surface area (Å²) < 4.78 is 12.5. The number of nitrogens with zero attached hydrogens (tertiary/aromatic N) is 4. The number of hydrogen-bond donors (Lipinski definition) is 0. The Morgan fingerprint density at radius 1 is 1.17 bits per heavy atom. The average molecular weight is 312 g/mol. The van der Waals surface area contributed by atoms with Crippen LogP contribution in [0.2, 0.25) is 0 Å². The van der Waals surface area contributed by atoms with Crippen molar-refractivity contribution >= 4 is 11.0 Å². The number of ether oxygens (including phenoxy) is 2. The zero-order valence-corrected chi connectivity index (χ0v) is 13.4. The first kappa shape index (κ1) is 15.4. The molecule has 6 heteroatoms. The molecule has 6 nitrogen and oxygen atoms in total. The monoisotopic (exact) mass is 312 g/mol. The lowest BCUT2D eigenvalue weighted by atomic mass is 10.2. The Kier molecular flexibility index (Phi) is 4.83. The lowest BCUT2D eigenvalue weighted by Crippen LogP contribution is -2.06. The summed E-state index contributed by atoms with van der Waals surface area (Å²) in [5.74, 6) is 1.66. The van der Waals surface area contributed by atoms with Crippen molar-refractivity contribution in [2.75, 3.05) is 20.3 Å². The van der Waals surface area contributed by atoms with Crippen molar-refractivity contribution < 1.29 is 9.47 Å². The fourth-order valence-electron chi connectivity index (χ4n) is 2.34. The van der Waals surface area contributed by atoms with Crippen LogP contribution in [0.1, 0.15) is 18.3 Å². The summed E-state index contributed by atoms with van der Waals surface area (Å²) in [4.78, 5) is 8.88. The summed E-state index contributed by atoms with van der Waals surface area (Å²) >= 11 is 0. The van der Waals surface area contributed by atoms with Gasteiger partial charge in [0.25, 0.3) is 0 Å². The number of methoxy groups -OCH3 is 1. The minimum atomic E-state index is 0.539. The minimum absolute atomic E-state index is 0.539. The summed E-state index contributed by atoms with van der Waals surface area (Å²) in [6, 6.07) is 8.00. The third-order valence-corrected chi connectivity index (χ3v) is 3.53. The topological polar surface area (TPSA) is 62.1 Å². The molecule has 1 aromatic carbocycles. The molecule has 0 spiro atoms. The molecule has 120 valence electrons. The fourth-order valence-corrected chi connectivity index (χ4v) is 2.34. The quantitative estimate of drug-likeness (QED) is 0.627. The molecule has 0 aliphatic carbocycles. The van der Waals surface area contributed by atoms with E-state index in [1.807, 2.05) is 36.0 Å². The van der Waals surface area contributed by atoms with E-state index in [4.69, 9.17) is 9.47 Å². The third kappa shape index (κ3) is 3.65. The zero-order valence-electron chi connectivity index (χ0n) is 13.4. The van der Waals surface area contributed by atoms with Crippen molar-refractivity contribution in [2.45, 2.75) is 19.9 Å². The number of aryl methyl sites for hydroxylation is 1. The number of aromatic nitrogens is 4. The predicted molar refractivity (Wildman–Crippen MR) is 87.6 cm³/mol. The van der Waals surface area contributed by atoms with Crippen LogP contribution in [0, 0.1) is 0 Å². The predicted octanol–water partition coefficient (Wildman–Crippen LogP) is 2.46. The first-order valence-corrected chi connectivity index (χ1v) is 7.68. The first-order chi connectivity index (χ1) is 11.3. The van der Waals surface area contributed by atoms with Gasteiger partial charge in [0.2, 0.25) is 0 Å². The summed E-state index contributed by atoms with van der Waals surface area (Å²) in [5.41, 5.74) is 1.98. The maximum Gasteiger partial charge on any atom is 0.161 e. The van der Waals surface area contributed by atoms with Crippen molar-refractivity contribution in [1.82, 2.24) is 19.7 Å². The molecular weight excluding hydrogens is 292 g/mol. The SMILES string of the molecule is CCc1ncc2cnn(Cc3cccc(OCCOC)c3)c2n1. The van der Waals surface area contributed by atoms with Gasteiger partial charge < -0.3 is 9.47 Å². The highest BCUT2D eigenvalue weighted by Gasteiger charge is 2.07. The largest absolute Gasteiger partial charge is 0.491 e. The Labute approximate surface area is 135 Å². The van der Waals surface area contributed by atoms with Crippen LogP contribution in [-0.2, 0) is 17.7 Å². The lowest BCUT2D eigenvalue weighted by Gasteiger charge is -2.08. The van der Waals surface area contributed by atoms with E-state index in [1.165, 1.54) is 0 Å². The minimum Gasteiger partial charge on any atom is -0.491 e. The lowest BCUT2D eigenvalue weighted by molar-refractivity contribution is 0.146. The molecule has 0 aliphatic rings. The van der Waals surface area contributed by atoms with Crippen LogP contribution in [0.15, 0.2) is 36.7 Å². The van der Waals surface area contributed by atoms with Gasteiger partial charge in [0.05, 0.1) is 24.7 Å². The van der Waals surface area contributed by atoms with Gasteiger partial charge in [-0.3, -0.25) is 0 Å². The normalized spacial score (nSPS) is 11.0. The Morgan fingerprint density at radius 3 is 2.91 bits per heavy atom. The zero-order chi connectivity index (χ0) is 16.1. The van der Waals surface area contributed by atoms with E-state index in [1.54, 1.807) is 13.3 Å². The van der Waals surface area contributed by atoms with Crippen molar-refractivity contribution in [2.24, 2.45) is 0 Å². The van der Waals surface area contributed by atoms with Gasteiger partial charge in [-0.1, -0.05) is 19.1 Å². The molecule has 0 unspecified atom stereocenters. The summed E-state index contributed by atoms with van der Waals surface area (Å²) in [6.07, 6.45) is 4.44. The van der Waals surface area contributed by atoms with Crippen LogP contribution in [0.4, 0.5) is 0 Å². The third-order valence-electron chi connectivity index (χ3n) is 3.53. The Balaban J connectivity index is 1.80. The van der Waals surface area contributed by atoms with E-state index in [-0.39, 0.29) is 0 Å². The molecule has 0 aliphatic heterocycles. The second-order valence-corrected chi connectivity index (χ2v) is 5.21.